The number of benzene rings is 2. The predicted octanol–water partition coefficient (Wildman–Crippen LogP) is 2.92. The summed E-state index contributed by atoms with van der Waals surface area (Å²) in [5.74, 6) is 0.775. The Kier molecular flexibility index (Phi) is 4.76. The molecule has 136 valence electrons. The van der Waals surface area contributed by atoms with Gasteiger partial charge < -0.3 is 4.98 Å². The number of imidazole rings is 1. The first kappa shape index (κ1) is 17.1. The van der Waals surface area contributed by atoms with Gasteiger partial charge in [0, 0.05) is 18.4 Å². The van der Waals surface area contributed by atoms with E-state index in [4.69, 9.17) is 0 Å². The quantitative estimate of drug-likeness (QED) is 0.573. The lowest BCUT2D eigenvalue weighted by atomic mass is 10.0. The highest BCUT2D eigenvalue weighted by Crippen LogP contribution is 2.28. The van der Waals surface area contributed by atoms with Crippen LogP contribution in [-0.4, -0.2) is 42.1 Å². The number of rotatable bonds is 6. The van der Waals surface area contributed by atoms with Crippen molar-refractivity contribution in [3.05, 3.63) is 89.8 Å². The molecule has 2 heterocycles. The van der Waals surface area contributed by atoms with Crippen LogP contribution in [0.1, 0.15) is 28.7 Å². The summed E-state index contributed by atoms with van der Waals surface area (Å²) in [5.41, 5.74) is 4.26. The lowest BCUT2D eigenvalue weighted by molar-refractivity contribution is 0.255. The number of para-hydroxylation sites is 1. The Hall–Kier alpha value is -3.32. The number of nitrogens with zero attached hydrogens (tertiary/aromatic N) is 6. The van der Waals surface area contributed by atoms with E-state index in [0.717, 1.165) is 28.3 Å². The van der Waals surface area contributed by atoms with Gasteiger partial charge in [-0.25, -0.2) is 4.98 Å². The largest absolute Gasteiger partial charge is 0.347 e. The first-order chi connectivity index (χ1) is 13.2. The van der Waals surface area contributed by atoms with Crippen LogP contribution in [0.15, 0.2) is 67.1 Å². The van der Waals surface area contributed by atoms with E-state index in [1.165, 1.54) is 0 Å². The van der Waals surface area contributed by atoms with E-state index in [1.807, 2.05) is 47.3 Å². The maximum atomic E-state index is 4.40. The second kappa shape index (κ2) is 7.51. The molecule has 4 aromatic rings. The van der Waals surface area contributed by atoms with Gasteiger partial charge in [0.15, 0.2) is 5.82 Å². The lowest BCUT2D eigenvalue weighted by Gasteiger charge is -2.27. The first-order valence-corrected chi connectivity index (χ1v) is 8.81. The van der Waals surface area contributed by atoms with Crippen molar-refractivity contribution in [1.29, 1.82) is 0 Å². The molecule has 0 aliphatic heterocycles. The van der Waals surface area contributed by atoms with Crippen molar-refractivity contribution in [2.75, 3.05) is 7.05 Å². The van der Waals surface area contributed by atoms with Gasteiger partial charge in [0.05, 0.1) is 18.1 Å². The van der Waals surface area contributed by atoms with Gasteiger partial charge >= 0.3 is 0 Å². The summed E-state index contributed by atoms with van der Waals surface area (Å²) in [4.78, 5) is 9.49. The molecule has 0 amide bonds. The summed E-state index contributed by atoms with van der Waals surface area (Å²) in [6.45, 7) is 2.76. The number of aromatic amines is 1. The first-order valence-electron chi connectivity index (χ1n) is 8.81. The third-order valence-corrected chi connectivity index (χ3v) is 4.61. The molecule has 0 saturated heterocycles. The summed E-state index contributed by atoms with van der Waals surface area (Å²) in [6.07, 6.45) is 3.53. The van der Waals surface area contributed by atoms with Crippen molar-refractivity contribution < 1.29 is 0 Å². The summed E-state index contributed by atoms with van der Waals surface area (Å²) in [5, 5.41) is 12.7. The van der Waals surface area contributed by atoms with Crippen LogP contribution in [0.2, 0.25) is 0 Å². The van der Waals surface area contributed by atoms with Crippen molar-refractivity contribution >= 4 is 0 Å². The Balaban J connectivity index is 1.78. The van der Waals surface area contributed by atoms with Crippen LogP contribution in [0.25, 0.3) is 5.69 Å². The van der Waals surface area contributed by atoms with Gasteiger partial charge in [-0.1, -0.05) is 48.5 Å². The van der Waals surface area contributed by atoms with Gasteiger partial charge in [0.25, 0.3) is 0 Å². The second-order valence-corrected chi connectivity index (χ2v) is 6.54. The van der Waals surface area contributed by atoms with Crippen LogP contribution in [0.4, 0.5) is 0 Å². The van der Waals surface area contributed by atoms with Crippen molar-refractivity contribution in [2.24, 2.45) is 0 Å². The zero-order valence-corrected chi connectivity index (χ0v) is 15.3. The number of nitrogens with one attached hydrogen (secondary N) is 1. The summed E-state index contributed by atoms with van der Waals surface area (Å²) >= 11 is 0. The number of H-pyrrole nitrogens is 1. The van der Waals surface area contributed by atoms with E-state index in [0.29, 0.717) is 6.54 Å². The number of hydrogen-bond acceptors (Lipinski definition) is 5. The molecule has 1 unspecified atom stereocenters. The Morgan fingerprint density at radius 2 is 1.85 bits per heavy atom. The fourth-order valence-electron chi connectivity index (χ4n) is 3.30. The third kappa shape index (κ3) is 3.50. The van der Waals surface area contributed by atoms with Gasteiger partial charge in [-0.15, -0.1) is 5.10 Å². The molecule has 7 nitrogen and oxygen atoms in total. The molecule has 27 heavy (non-hydrogen) atoms. The molecule has 0 fully saturated rings. The van der Waals surface area contributed by atoms with Crippen molar-refractivity contribution in [2.45, 2.75) is 19.5 Å². The van der Waals surface area contributed by atoms with E-state index in [1.54, 1.807) is 6.33 Å². The Morgan fingerprint density at radius 3 is 2.59 bits per heavy atom. The normalized spacial score (nSPS) is 12.4. The zero-order valence-electron chi connectivity index (χ0n) is 15.3. The Bertz CT molecular complexity index is 992. The number of hydrogen-bond donors (Lipinski definition) is 1. The molecule has 4 rings (SSSR count). The third-order valence-electron chi connectivity index (χ3n) is 4.61. The second-order valence-electron chi connectivity index (χ2n) is 6.54. The van der Waals surface area contributed by atoms with Crippen LogP contribution in [0, 0.1) is 6.92 Å². The molecular weight excluding hydrogens is 338 g/mol. The summed E-state index contributed by atoms with van der Waals surface area (Å²) in [7, 11) is 2.06. The minimum Gasteiger partial charge on any atom is -0.347 e. The molecule has 7 heteroatoms. The highest BCUT2D eigenvalue weighted by atomic mass is 15.6. The Labute approximate surface area is 157 Å². The molecule has 0 spiro atoms. The fraction of sp³-hybridized carbons (Fsp3) is 0.200. The number of tetrazole rings is 1. The molecule has 1 N–H and O–H groups in total. The lowest BCUT2D eigenvalue weighted by Crippen LogP contribution is -2.28. The topological polar surface area (TPSA) is 75.5 Å². The van der Waals surface area contributed by atoms with Crippen LogP contribution in [0.5, 0.6) is 0 Å². The Morgan fingerprint density at radius 1 is 1.07 bits per heavy atom. The average Bonchev–Trinajstić information content (AvgIpc) is 3.36. The van der Waals surface area contributed by atoms with Crippen molar-refractivity contribution in [1.82, 2.24) is 35.1 Å². The number of aromatic nitrogens is 6. The molecule has 0 bridgehead atoms. The fourth-order valence-corrected chi connectivity index (χ4v) is 3.30. The molecule has 2 aromatic heterocycles. The molecule has 0 aliphatic rings. The summed E-state index contributed by atoms with van der Waals surface area (Å²) < 4.78 is 1.83. The predicted molar refractivity (Wildman–Crippen MR) is 102 cm³/mol. The highest BCUT2D eigenvalue weighted by Gasteiger charge is 2.26. The van der Waals surface area contributed by atoms with Crippen molar-refractivity contribution in [3.63, 3.8) is 0 Å². The zero-order chi connectivity index (χ0) is 18.6. The van der Waals surface area contributed by atoms with Gasteiger partial charge in [-0.2, -0.15) is 4.68 Å². The van der Waals surface area contributed by atoms with Gasteiger partial charge in [-0.05, 0) is 41.6 Å². The average molecular weight is 359 g/mol. The molecule has 2 aromatic carbocycles. The van der Waals surface area contributed by atoms with E-state index in [-0.39, 0.29) is 6.04 Å². The SMILES string of the molecule is Cc1ccccc1-n1nnnc1C(c1ccccc1)N(C)Cc1cnc[nH]1. The number of aryl methyl sites for hydroxylation is 1. The van der Waals surface area contributed by atoms with E-state index < -0.39 is 0 Å². The smallest absolute Gasteiger partial charge is 0.178 e. The molecular formula is C20H21N7. The van der Waals surface area contributed by atoms with Crippen LogP contribution in [0.3, 0.4) is 0 Å². The molecule has 0 radical (unpaired) electrons. The maximum absolute atomic E-state index is 4.40. The minimum absolute atomic E-state index is 0.107. The van der Waals surface area contributed by atoms with Gasteiger partial charge in [0.1, 0.15) is 0 Å². The standard InChI is InChI=1S/C20H21N7/c1-15-8-6-7-11-18(15)27-20(23-24-25-27)19(16-9-4-3-5-10-16)26(2)13-17-12-21-14-22-17/h3-12,14,19H,13H2,1-2H3,(H,21,22). The van der Waals surface area contributed by atoms with Crippen LogP contribution in [-0.2, 0) is 6.54 Å². The van der Waals surface area contributed by atoms with Crippen molar-refractivity contribution in [3.8, 4) is 5.69 Å². The van der Waals surface area contributed by atoms with Gasteiger partial charge in [0.2, 0.25) is 0 Å². The molecule has 1 atom stereocenters. The van der Waals surface area contributed by atoms with E-state index >= 15 is 0 Å². The van der Waals surface area contributed by atoms with Crippen LogP contribution >= 0.6 is 0 Å². The molecule has 0 saturated carbocycles. The molecule has 0 aliphatic carbocycles. The summed E-state index contributed by atoms with van der Waals surface area (Å²) in [6, 6.07) is 18.3. The minimum atomic E-state index is -0.107. The monoisotopic (exact) mass is 359 g/mol. The maximum Gasteiger partial charge on any atom is 0.178 e. The highest BCUT2D eigenvalue weighted by molar-refractivity contribution is 5.40. The van der Waals surface area contributed by atoms with Crippen LogP contribution < -0.4 is 0 Å². The van der Waals surface area contributed by atoms with Gasteiger partial charge in [-0.3, -0.25) is 4.90 Å². The van der Waals surface area contributed by atoms with E-state index in [2.05, 4.69) is 62.6 Å². The van der Waals surface area contributed by atoms with E-state index in [9.17, 15) is 0 Å².